The summed E-state index contributed by atoms with van der Waals surface area (Å²) in [6.45, 7) is 2.52. The van der Waals surface area contributed by atoms with Gasteiger partial charge in [0, 0.05) is 0 Å². The Morgan fingerprint density at radius 3 is 2.93 bits per heavy atom. The molecule has 2 rings (SSSR count). The summed E-state index contributed by atoms with van der Waals surface area (Å²) in [7, 11) is 0. The van der Waals surface area contributed by atoms with Crippen LogP contribution in [-0.4, -0.2) is 6.61 Å². The summed E-state index contributed by atoms with van der Waals surface area (Å²) >= 11 is 13.6. The molecule has 0 saturated heterocycles. The predicted molar refractivity (Wildman–Crippen MR) is 63.0 cm³/mol. The summed E-state index contributed by atoms with van der Waals surface area (Å²) < 4.78 is 6.54. The molecule has 0 bridgehead atoms. The van der Waals surface area contributed by atoms with Crippen molar-refractivity contribution in [2.24, 2.45) is 0 Å². The summed E-state index contributed by atoms with van der Waals surface area (Å²) in [5.41, 5.74) is 0. The van der Waals surface area contributed by atoms with Crippen LogP contribution in [0.4, 0.5) is 0 Å². The molecule has 1 nitrogen and oxygen atoms in total. The van der Waals surface area contributed by atoms with Crippen LogP contribution < -0.4 is 4.74 Å². The SMILES string of the molecule is CCOc1c(Cl)c(Cl)cc2ccsc12. The number of benzene rings is 1. The zero-order chi connectivity index (χ0) is 10.1. The first-order valence-corrected chi connectivity index (χ1v) is 5.85. The summed E-state index contributed by atoms with van der Waals surface area (Å²) in [4.78, 5) is 0. The van der Waals surface area contributed by atoms with Gasteiger partial charge in [-0.05, 0) is 29.8 Å². The monoisotopic (exact) mass is 246 g/mol. The molecule has 1 heterocycles. The van der Waals surface area contributed by atoms with E-state index < -0.39 is 0 Å². The van der Waals surface area contributed by atoms with E-state index in [9.17, 15) is 0 Å². The van der Waals surface area contributed by atoms with Gasteiger partial charge in [0.2, 0.25) is 0 Å². The number of hydrogen-bond acceptors (Lipinski definition) is 2. The van der Waals surface area contributed by atoms with Crippen molar-refractivity contribution in [3.05, 3.63) is 27.6 Å². The van der Waals surface area contributed by atoms with E-state index >= 15 is 0 Å². The molecule has 0 N–H and O–H groups in total. The topological polar surface area (TPSA) is 9.23 Å². The maximum Gasteiger partial charge on any atom is 0.157 e. The van der Waals surface area contributed by atoms with E-state index in [1.165, 1.54) is 0 Å². The van der Waals surface area contributed by atoms with E-state index in [4.69, 9.17) is 27.9 Å². The highest BCUT2D eigenvalue weighted by Crippen LogP contribution is 2.41. The zero-order valence-electron chi connectivity index (χ0n) is 7.51. The van der Waals surface area contributed by atoms with Gasteiger partial charge in [0.15, 0.2) is 5.75 Å². The highest BCUT2D eigenvalue weighted by Gasteiger charge is 2.12. The Bertz CT molecular complexity index is 464. The number of fused-ring (bicyclic) bond motifs is 1. The van der Waals surface area contributed by atoms with E-state index in [2.05, 4.69) is 0 Å². The molecule has 0 aliphatic heterocycles. The summed E-state index contributed by atoms with van der Waals surface area (Å²) in [6, 6.07) is 3.86. The summed E-state index contributed by atoms with van der Waals surface area (Å²) in [5, 5.41) is 4.12. The van der Waals surface area contributed by atoms with Crippen molar-refractivity contribution >= 4 is 44.6 Å². The molecule has 0 aliphatic carbocycles. The van der Waals surface area contributed by atoms with Crippen LogP contribution in [-0.2, 0) is 0 Å². The Morgan fingerprint density at radius 1 is 1.43 bits per heavy atom. The molecular weight excluding hydrogens is 239 g/mol. The molecule has 1 aromatic carbocycles. The van der Waals surface area contributed by atoms with Gasteiger partial charge in [-0.3, -0.25) is 0 Å². The van der Waals surface area contributed by atoms with Gasteiger partial charge in [-0.25, -0.2) is 0 Å². The fraction of sp³-hybridized carbons (Fsp3) is 0.200. The molecule has 1 aromatic heterocycles. The van der Waals surface area contributed by atoms with E-state index in [-0.39, 0.29) is 0 Å². The third-order valence-corrected chi connectivity index (χ3v) is 3.58. The molecule has 0 aliphatic rings. The van der Waals surface area contributed by atoms with Gasteiger partial charge < -0.3 is 4.74 Å². The van der Waals surface area contributed by atoms with Gasteiger partial charge in [0.1, 0.15) is 5.02 Å². The van der Waals surface area contributed by atoms with Crippen LogP contribution in [0.3, 0.4) is 0 Å². The van der Waals surface area contributed by atoms with Crippen molar-refractivity contribution < 1.29 is 4.74 Å². The smallest absolute Gasteiger partial charge is 0.157 e. The van der Waals surface area contributed by atoms with E-state index in [1.807, 2.05) is 24.4 Å². The van der Waals surface area contributed by atoms with Crippen LogP contribution in [0.15, 0.2) is 17.5 Å². The molecule has 0 spiro atoms. The first kappa shape index (κ1) is 10.1. The van der Waals surface area contributed by atoms with Crippen molar-refractivity contribution in [1.82, 2.24) is 0 Å². The Balaban J connectivity index is 2.73. The minimum absolute atomic E-state index is 0.503. The lowest BCUT2D eigenvalue weighted by molar-refractivity contribution is 0.345. The highest BCUT2D eigenvalue weighted by atomic mass is 35.5. The van der Waals surface area contributed by atoms with Crippen molar-refractivity contribution in [3.8, 4) is 5.75 Å². The quantitative estimate of drug-likeness (QED) is 0.753. The fourth-order valence-corrected chi connectivity index (χ4v) is 2.64. The van der Waals surface area contributed by atoms with Crippen LogP contribution in [0.25, 0.3) is 10.1 Å². The molecular formula is C10H8Cl2OS. The lowest BCUT2D eigenvalue weighted by Gasteiger charge is -2.07. The standard InChI is InChI=1S/C10H8Cl2OS/c1-2-13-9-8(12)7(11)5-6-3-4-14-10(6)9/h3-5H,2H2,1H3. The fourth-order valence-electron chi connectivity index (χ4n) is 1.30. The third kappa shape index (κ3) is 1.58. The van der Waals surface area contributed by atoms with Gasteiger partial charge >= 0.3 is 0 Å². The molecule has 0 atom stereocenters. The molecule has 0 saturated carbocycles. The van der Waals surface area contributed by atoms with Crippen LogP contribution in [0.2, 0.25) is 10.0 Å². The van der Waals surface area contributed by atoms with Crippen molar-refractivity contribution in [1.29, 1.82) is 0 Å². The molecule has 4 heteroatoms. The third-order valence-electron chi connectivity index (χ3n) is 1.88. The van der Waals surface area contributed by atoms with Crippen LogP contribution in [0, 0.1) is 0 Å². The molecule has 74 valence electrons. The van der Waals surface area contributed by atoms with Crippen LogP contribution in [0.1, 0.15) is 6.92 Å². The van der Waals surface area contributed by atoms with Gasteiger partial charge in [-0.15, -0.1) is 11.3 Å². The number of thiophene rings is 1. The van der Waals surface area contributed by atoms with Crippen molar-refractivity contribution in [3.63, 3.8) is 0 Å². The van der Waals surface area contributed by atoms with Gasteiger partial charge in [-0.2, -0.15) is 0 Å². The highest BCUT2D eigenvalue weighted by molar-refractivity contribution is 7.17. The Hall–Kier alpha value is -0.440. The second-order valence-corrected chi connectivity index (χ2v) is 4.47. The van der Waals surface area contributed by atoms with E-state index in [0.717, 1.165) is 10.1 Å². The maximum absolute atomic E-state index is 6.06. The van der Waals surface area contributed by atoms with E-state index in [0.29, 0.717) is 22.4 Å². The van der Waals surface area contributed by atoms with E-state index in [1.54, 1.807) is 11.3 Å². The molecule has 14 heavy (non-hydrogen) atoms. The Labute approximate surface area is 96.2 Å². The second-order valence-electron chi connectivity index (χ2n) is 2.77. The first-order chi connectivity index (χ1) is 6.74. The molecule has 0 amide bonds. The lowest BCUT2D eigenvalue weighted by atomic mass is 10.2. The van der Waals surface area contributed by atoms with Crippen LogP contribution >= 0.6 is 34.5 Å². The maximum atomic E-state index is 6.06. The normalized spacial score (nSPS) is 10.8. The van der Waals surface area contributed by atoms with Gasteiger partial charge in [-0.1, -0.05) is 23.2 Å². The lowest BCUT2D eigenvalue weighted by Crippen LogP contribution is -1.92. The molecule has 0 unspecified atom stereocenters. The molecule has 0 radical (unpaired) electrons. The number of hydrogen-bond donors (Lipinski definition) is 0. The predicted octanol–water partition coefficient (Wildman–Crippen LogP) is 4.61. The van der Waals surface area contributed by atoms with Gasteiger partial charge in [0.05, 0.1) is 16.3 Å². The Morgan fingerprint density at radius 2 is 2.21 bits per heavy atom. The summed E-state index contributed by atoms with van der Waals surface area (Å²) in [6.07, 6.45) is 0. The second kappa shape index (κ2) is 3.97. The average molecular weight is 247 g/mol. The Kier molecular flexibility index (Phi) is 2.86. The van der Waals surface area contributed by atoms with Crippen molar-refractivity contribution in [2.75, 3.05) is 6.61 Å². The van der Waals surface area contributed by atoms with Gasteiger partial charge in [0.25, 0.3) is 0 Å². The average Bonchev–Trinajstić information content (AvgIpc) is 2.60. The minimum Gasteiger partial charge on any atom is -0.491 e. The number of ether oxygens (including phenoxy) is 1. The van der Waals surface area contributed by atoms with Crippen molar-refractivity contribution in [2.45, 2.75) is 6.92 Å². The zero-order valence-corrected chi connectivity index (χ0v) is 9.84. The summed E-state index contributed by atoms with van der Waals surface area (Å²) in [5.74, 6) is 0.701. The largest absolute Gasteiger partial charge is 0.491 e. The minimum atomic E-state index is 0.503. The molecule has 0 fully saturated rings. The van der Waals surface area contributed by atoms with Crippen LogP contribution in [0.5, 0.6) is 5.75 Å². The number of rotatable bonds is 2. The number of halogens is 2. The molecule has 2 aromatic rings. The first-order valence-electron chi connectivity index (χ1n) is 4.22.